The van der Waals surface area contributed by atoms with E-state index in [0.717, 1.165) is 48.4 Å². The summed E-state index contributed by atoms with van der Waals surface area (Å²) >= 11 is 0. The Morgan fingerprint density at radius 1 is 1.06 bits per heavy atom. The standard InChI is InChI=1S/C26H30N6O2/c1-18-10-12-20(13-11-18)25-29-26(34-30-25)19(2)31-14-16-32(17-15-31)24(33)9-5-8-23-27-21-6-3-4-7-22(21)28-23/h3-4,6-7,10-13,19H,5,8-9,14-17H2,1-2H3,(H,27,28). The van der Waals surface area contributed by atoms with Gasteiger partial charge >= 0.3 is 0 Å². The van der Waals surface area contributed by atoms with Gasteiger partial charge in [0, 0.05) is 44.6 Å². The molecule has 176 valence electrons. The van der Waals surface area contributed by atoms with Gasteiger partial charge in [-0.1, -0.05) is 47.1 Å². The highest BCUT2D eigenvalue weighted by Crippen LogP contribution is 2.24. The van der Waals surface area contributed by atoms with E-state index in [0.29, 0.717) is 31.2 Å². The van der Waals surface area contributed by atoms with Gasteiger partial charge in [0.1, 0.15) is 5.82 Å². The lowest BCUT2D eigenvalue weighted by atomic mass is 10.1. The highest BCUT2D eigenvalue weighted by molar-refractivity contribution is 5.76. The fourth-order valence-corrected chi connectivity index (χ4v) is 4.43. The number of benzene rings is 2. The van der Waals surface area contributed by atoms with E-state index in [4.69, 9.17) is 4.52 Å². The first-order chi connectivity index (χ1) is 16.6. The van der Waals surface area contributed by atoms with Gasteiger partial charge in [0.25, 0.3) is 0 Å². The Labute approximate surface area is 199 Å². The zero-order valence-corrected chi connectivity index (χ0v) is 19.7. The van der Waals surface area contributed by atoms with Crippen LogP contribution in [0.15, 0.2) is 53.1 Å². The number of carbonyl (C=O) groups excluding carboxylic acids is 1. The minimum atomic E-state index is 0.0111. The average molecular weight is 459 g/mol. The number of aromatic nitrogens is 4. The van der Waals surface area contributed by atoms with Crippen LogP contribution in [0.25, 0.3) is 22.4 Å². The van der Waals surface area contributed by atoms with Crippen molar-refractivity contribution < 1.29 is 9.32 Å². The molecule has 2 aromatic heterocycles. The topological polar surface area (TPSA) is 91.2 Å². The van der Waals surface area contributed by atoms with Gasteiger partial charge < -0.3 is 14.4 Å². The number of aromatic amines is 1. The molecule has 0 radical (unpaired) electrons. The number of para-hydroxylation sites is 2. The van der Waals surface area contributed by atoms with Gasteiger partial charge in [0.2, 0.25) is 17.6 Å². The van der Waals surface area contributed by atoms with Crippen LogP contribution in [-0.4, -0.2) is 62.0 Å². The Bertz CT molecular complexity index is 1220. The van der Waals surface area contributed by atoms with E-state index < -0.39 is 0 Å². The minimum absolute atomic E-state index is 0.0111. The Kier molecular flexibility index (Phi) is 6.40. The molecule has 0 aliphatic carbocycles. The Morgan fingerprint density at radius 2 is 1.82 bits per heavy atom. The molecule has 1 N–H and O–H groups in total. The van der Waals surface area contributed by atoms with E-state index in [1.807, 2.05) is 53.4 Å². The van der Waals surface area contributed by atoms with Crippen LogP contribution < -0.4 is 0 Å². The highest BCUT2D eigenvalue weighted by Gasteiger charge is 2.27. The number of nitrogens with one attached hydrogen (secondary N) is 1. The molecular weight excluding hydrogens is 428 g/mol. The largest absolute Gasteiger partial charge is 0.342 e. The summed E-state index contributed by atoms with van der Waals surface area (Å²) in [6.07, 6.45) is 2.10. The summed E-state index contributed by atoms with van der Waals surface area (Å²) in [7, 11) is 0. The molecule has 1 aliphatic rings. The van der Waals surface area contributed by atoms with Crippen LogP contribution in [0, 0.1) is 6.92 Å². The molecule has 0 saturated carbocycles. The molecule has 34 heavy (non-hydrogen) atoms. The lowest BCUT2D eigenvalue weighted by Crippen LogP contribution is -2.49. The summed E-state index contributed by atoms with van der Waals surface area (Å²) in [6, 6.07) is 16.1. The molecule has 0 spiro atoms. The number of amides is 1. The van der Waals surface area contributed by atoms with Crippen LogP contribution in [0.3, 0.4) is 0 Å². The van der Waals surface area contributed by atoms with Crippen LogP contribution in [0.4, 0.5) is 0 Å². The third-order valence-corrected chi connectivity index (χ3v) is 6.57. The van der Waals surface area contributed by atoms with Crippen molar-refractivity contribution in [1.29, 1.82) is 0 Å². The number of hydrogen-bond acceptors (Lipinski definition) is 6. The van der Waals surface area contributed by atoms with Crippen molar-refractivity contribution in [3.8, 4) is 11.4 Å². The van der Waals surface area contributed by atoms with Gasteiger partial charge in [-0.3, -0.25) is 9.69 Å². The number of H-pyrrole nitrogens is 1. The predicted molar refractivity (Wildman–Crippen MR) is 130 cm³/mol. The van der Waals surface area contributed by atoms with Gasteiger partial charge in [0.15, 0.2) is 0 Å². The molecule has 5 rings (SSSR count). The number of imidazole rings is 1. The number of aryl methyl sites for hydroxylation is 2. The van der Waals surface area contributed by atoms with E-state index in [2.05, 4.69) is 38.9 Å². The summed E-state index contributed by atoms with van der Waals surface area (Å²) in [5.74, 6) is 2.38. The highest BCUT2D eigenvalue weighted by atomic mass is 16.5. The van der Waals surface area contributed by atoms with Crippen LogP contribution in [0.5, 0.6) is 0 Å². The first-order valence-electron chi connectivity index (χ1n) is 11.9. The summed E-state index contributed by atoms with van der Waals surface area (Å²) < 4.78 is 5.56. The Balaban J connectivity index is 1.09. The molecule has 1 fully saturated rings. The van der Waals surface area contributed by atoms with Crippen molar-refractivity contribution in [3.05, 3.63) is 65.8 Å². The van der Waals surface area contributed by atoms with Gasteiger partial charge in [-0.15, -0.1) is 0 Å². The zero-order valence-electron chi connectivity index (χ0n) is 19.7. The van der Waals surface area contributed by atoms with E-state index in [-0.39, 0.29) is 11.9 Å². The van der Waals surface area contributed by atoms with Crippen molar-refractivity contribution in [2.75, 3.05) is 26.2 Å². The normalized spacial score (nSPS) is 15.6. The van der Waals surface area contributed by atoms with Gasteiger partial charge in [-0.25, -0.2) is 4.98 Å². The molecule has 1 amide bonds. The first kappa shape index (κ1) is 22.3. The molecule has 0 bridgehead atoms. The van der Waals surface area contributed by atoms with E-state index >= 15 is 0 Å². The number of hydrogen-bond donors (Lipinski definition) is 1. The molecule has 8 nitrogen and oxygen atoms in total. The third-order valence-electron chi connectivity index (χ3n) is 6.57. The number of fused-ring (bicyclic) bond motifs is 1. The molecule has 1 unspecified atom stereocenters. The van der Waals surface area contributed by atoms with Crippen LogP contribution in [-0.2, 0) is 11.2 Å². The van der Waals surface area contributed by atoms with Crippen LogP contribution in [0.2, 0.25) is 0 Å². The number of nitrogens with zero attached hydrogens (tertiary/aromatic N) is 5. The fraction of sp³-hybridized carbons (Fsp3) is 0.385. The summed E-state index contributed by atoms with van der Waals surface area (Å²) in [5.41, 5.74) is 4.16. The molecule has 2 aromatic carbocycles. The van der Waals surface area contributed by atoms with Gasteiger partial charge in [-0.05, 0) is 32.4 Å². The van der Waals surface area contributed by atoms with E-state index in [9.17, 15) is 4.79 Å². The first-order valence-corrected chi connectivity index (χ1v) is 11.9. The summed E-state index contributed by atoms with van der Waals surface area (Å²) in [5, 5.41) is 4.16. The number of carbonyl (C=O) groups is 1. The number of piperazine rings is 1. The predicted octanol–water partition coefficient (Wildman–Crippen LogP) is 4.15. The quantitative estimate of drug-likeness (QED) is 0.447. The molecule has 4 aromatic rings. The molecule has 1 saturated heterocycles. The van der Waals surface area contributed by atoms with Crippen LogP contribution in [0.1, 0.15) is 43.1 Å². The summed E-state index contributed by atoms with van der Waals surface area (Å²) in [4.78, 5) is 29.5. The molecular formula is C26H30N6O2. The molecule has 8 heteroatoms. The van der Waals surface area contributed by atoms with Crippen molar-refractivity contribution in [2.45, 2.75) is 39.2 Å². The molecule has 1 aliphatic heterocycles. The summed E-state index contributed by atoms with van der Waals surface area (Å²) in [6.45, 7) is 7.15. The smallest absolute Gasteiger partial charge is 0.244 e. The lowest BCUT2D eigenvalue weighted by molar-refractivity contribution is -0.133. The van der Waals surface area contributed by atoms with Crippen molar-refractivity contribution in [1.82, 2.24) is 29.9 Å². The zero-order chi connectivity index (χ0) is 23.5. The molecule has 3 heterocycles. The maximum Gasteiger partial charge on any atom is 0.244 e. The number of rotatable bonds is 7. The Morgan fingerprint density at radius 3 is 2.59 bits per heavy atom. The minimum Gasteiger partial charge on any atom is -0.342 e. The fourth-order valence-electron chi connectivity index (χ4n) is 4.43. The van der Waals surface area contributed by atoms with E-state index in [1.54, 1.807) is 0 Å². The van der Waals surface area contributed by atoms with Crippen molar-refractivity contribution >= 4 is 16.9 Å². The van der Waals surface area contributed by atoms with Gasteiger partial charge in [-0.2, -0.15) is 4.98 Å². The second-order valence-electron chi connectivity index (χ2n) is 8.97. The Hall–Kier alpha value is -3.52. The SMILES string of the molecule is Cc1ccc(-c2noc(C(C)N3CCN(C(=O)CCCc4nc5ccccc5[nH]4)CC3)n2)cc1. The second-order valence-corrected chi connectivity index (χ2v) is 8.97. The second kappa shape index (κ2) is 9.77. The maximum absolute atomic E-state index is 12.7. The third kappa shape index (κ3) is 4.87. The van der Waals surface area contributed by atoms with Gasteiger partial charge in [0.05, 0.1) is 17.1 Å². The van der Waals surface area contributed by atoms with Crippen LogP contribution >= 0.6 is 0 Å². The lowest BCUT2D eigenvalue weighted by Gasteiger charge is -2.36. The van der Waals surface area contributed by atoms with Crippen molar-refractivity contribution in [3.63, 3.8) is 0 Å². The monoisotopic (exact) mass is 458 g/mol. The van der Waals surface area contributed by atoms with E-state index in [1.165, 1.54) is 5.56 Å². The average Bonchev–Trinajstić information content (AvgIpc) is 3.51. The van der Waals surface area contributed by atoms with Crippen molar-refractivity contribution in [2.24, 2.45) is 0 Å². The molecule has 1 atom stereocenters. The maximum atomic E-state index is 12.7.